The van der Waals surface area contributed by atoms with Gasteiger partial charge in [0.1, 0.15) is 0 Å². The standard InChI is InChI=1S/C15H17NOS/c1-10-8-9-13-15(2,3)18-12-7-5-4-6-11(12)16(13)14(10)17/h4-8,13H,9H2,1-3H3. The molecule has 94 valence electrons. The van der Waals surface area contributed by atoms with Crippen molar-refractivity contribution in [1.82, 2.24) is 0 Å². The third kappa shape index (κ3) is 1.61. The summed E-state index contributed by atoms with van der Waals surface area (Å²) in [5.74, 6) is 0.159. The van der Waals surface area contributed by atoms with Gasteiger partial charge < -0.3 is 4.90 Å². The van der Waals surface area contributed by atoms with Crippen LogP contribution in [0.15, 0.2) is 40.8 Å². The van der Waals surface area contributed by atoms with Crippen LogP contribution in [0.4, 0.5) is 5.69 Å². The summed E-state index contributed by atoms with van der Waals surface area (Å²) in [5.41, 5.74) is 1.94. The fourth-order valence-corrected chi connectivity index (χ4v) is 4.10. The highest BCUT2D eigenvalue weighted by Crippen LogP contribution is 2.50. The maximum absolute atomic E-state index is 12.5. The maximum atomic E-state index is 12.5. The van der Waals surface area contributed by atoms with Crippen molar-refractivity contribution in [3.8, 4) is 0 Å². The zero-order valence-electron chi connectivity index (χ0n) is 10.9. The highest BCUT2D eigenvalue weighted by molar-refractivity contribution is 8.01. The van der Waals surface area contributed by atoms with Crippen molar-refractivity contribution in [2.24, 2.45) is 0 Å². The summed E-state index contributed by atoms with van der Waals surface area (Å²) in [6.45, 7) is 6.37. The predicted octanol–water partition coefficient (Wildman–Crippen LogP) is 3.62. The van der Waals surface area contributed by atoms with E-state index in [4.69, 9.17) is 0 Å². The normalized spacial score (nSPS) is 25.3. The first-order valence-corrected chi connectivity index (χ1v) is 7.11. The molecule has 0 saturated carbocycles. The number of fused-ring (bicyclic) bond motifs is 3. The van der Waals surface area contributed by atoms with Crippen LogP contribution in [0.3, 0.4) is 0 Å². The van der Waals surface area contributed by atoms with E-state index in [0.717, 1.165) is 17.7 Å². The van der Waals surface area contributed by atoms with Gasteiger partial charge in [0.15, 0.2) is 0 Å². The third-order valence-corrected chi connectivity index (χ3v) is 5.18. The van der Waals surface area contributed by atoms with Gasteiger partial charge in [-0.2, -0.15) is 0 Å². The fourth-order valence-electron chi connectivity index (χ4n) is 2.78. The second kappa shape index (κ2) is 3.89. The molecule has 0 spiro atoms. The van der Waals surface area contributed by atoms with Gasteiger partial charge in [-0.15, -0.1) is 11.8 Å². The Kier molecular flexibility index (Phi) is 2.56. The van der Waals surface area contributed by atoms with Crippen molar-refractivity contribution in [1.29, 1.82) is 0 Å². The molecule has 1 aromatic rings. The summed E-state index contributed by atoms with van der Waals surface area (Å²) in [7, 11) is 0. The first-order valence-electron chi connectivity index (χ1n) is 6.29. The van der Waals surface area contributed by atoms with Crippen molar-refractivity contribution in [3.05, 3.63) is 35.9 Å². The van der Waals surface area contributed by atoms with Crippen LogP contribution in [0.2, 0.25) is 0 Å². The highest BCUT2D eigenvalue weighted by Gasteiger charge is 2.44. The lowest BCUT2D eigenvalue weighted by atomic mass is 9.91. The van der Waals surface area contributed by atoms with Crippen LogP contribution >= 0.6 is 11.8 Å². The monoisotopic (exact) mass is 259 g/mol. The second-order valence-electron chi connectivity index (χ2n) is 5.49. The molecule has 0 aromatic heterocycles. The Morgan fingerprint density at radius 1 is 1.33 bits per heavy atom. The van der Waals surface area contributed by atoms with Crippen molar-refractivity contribution >= 4 is 23.4 Å². The number of para-hydroxylation sites is 1. The SMILES string of the molecule is CC1=CCC2N(C1=O)c1ccccc1SC2(C)C. The molecule has 0 N–H and O–H groups in total. The molecule has 3 rings (SSSR count). The molecule has 1 aromatic carbocycles. The van der Waals surface area contributed by atoms with Crippen molar-refractivity contribution < 1.29 is 4.79 Å². The quantitative estimate of drug-likeness (QED) is 0.709. The lowest BCUT2D eigenvalue weighted by molar-refractivity contribution is -0.116. The van der Waals surface area contributed by atoms with Gasteiger partial charge >= 0.3 is 0 Å². The van der Waals surface area contributed by atoms with E-state index < -0.39 is 0 Å². The van der Waals surface area contributed by atoms with Crippen LogP contribution in [0.5, 0.6) is 0 Å². The maximum Gasteiger partial charge on any atom is 0.253 e. The number of nitrogens with zero attached hydrogens (tertiary/aromatic N) is 1. The minimum atomic E-state index is 0.0568. The number of hydrogen-bond donors (Lipinski definition) is 0. The molecule has 0 saturated heterocycles. The molecule has 1 unspecified atom stereocenters. The first-order chi connectivity index (χ1) is 8.50. The molecule has 0 bridgehead atoms. The lowest BCUT2D eigenvalue weighted by Crippen LogP contribution is -2.55. The third-order valence-electron chi connectivity index (χ3n) is 3.82. The molecule has 18 heavy (non-hydrogen) atoms. The molecular weight excluding hydrogens is 242 g/mol. The van der Waals surface area contributed by atoms with Crippen LogP contribution in [0.1, 0.15) is 27.2 Å². The number of rotatable bonds is 0. The fraction of sp³-hybridized carbons (Fsp3) is 0.400. The summed E-state index contributed by atoms with van der Waals surface area (Å²) >= 11 is 1.88. The molecule has 2 aliphatic heterocycles. The van der Waals surface area contributed by atoms with E-state index in [1.54, 1.807) is 0 Å². The van der Waals surface area contributed by atoms with Crippen LogP contribution in [0, 0.1) is 0 Å². The molecule has 0 fully saturated rings. The summed E-state index contributed by atoms with van der Waals surface area (Å²) in [6, 6.07) is 8.48. The Morgan fingerprint density at radius 2 is 2.06 bits per heavy atom. The highest BCUT2D eigenvalue weighted by atomic mass is 32.2. The van der Waals surface area contributed by atoms with Gasteiger partial charge in [-0.1, -0.05) is 18.2 Å². The molecule has 2 aliphatic rings. The van der Waals surface area contributed by atoms with Crippen LogP contribution in [0.25, 0.3) is 0 Å². The van der Waals surface area contributed by atoms with E-state index >= 15 is 0 Å². The molecule has 2 nitrogen and oxygen atoms in total. The van der Waals surface area contributed by atoms with Crippen molar-refractivity contribution in [2.75, 3.05) is 4.90 Å². The zero-order valence-corrected chi connectivity index (χ0v) is 11.8. The molecule has 2 heterocycles. The summed E-state index contributed by atoms with van der Waals surface area (Å²) < 4.78 is 0.0568. The van der Waals surface area contributed by atoms with Gasteiger partial charge in [-0.3, -0.25) is 4.79 Å². The second-order valence-corrected chi connectivity index (χ2v) is 7.18. The number of anilines is 1. The molecule has 0 aliphatic carbocycles. The number of benzene rings is 1. The zero-order chi connectivity index (χ0) is 12.9. The minimum absolute atomic E-state index is 0.0568. The smallest absolute Gasteiger partial charge is 0.253 e. The summed E-state index contributed by atoms with van der Waals surface area (Å²) in [4.78, 5) is 15.7. The number of carbonyl (C=O) groups excluding carboxylic acids is 1. The Morgan fingerprint density at radius 3 is 2.83 bits per heavy atom. The van der Waals surface area contributed by atoms with E-state index in [9.17, 15) is 4.79 Å². The average Bonchev–Trinajstić information content (AvgIpc) is 2.32. The molecular formula is C15H17NOS. The van der Waals surface area contributed by atoms with Gasteiger partial charge in [0.05, 0.1) is 11.7 Å². The minimum Gasteiger partial charge on any atom is -0.303 e. The van der Waals surface area contributed by atoms with E-state index in [1.807, 2.05) is 35.7 Å². The Bertz CT molecular complexity index is 547. The van der Waals surface area contributed by atoms with Gasteiger partial charge in [0.25, 0.3) is 5.91 Å². The van der Waals surface area contributed by atoms with Gasteiger partial charge in [-0.05, 0) is 39.3 Å². The molecule has 1 amide bonds. The largest absolute Gasteiger partial charge is 0.303 e. The Hall–Kier alpha value is -1.22. The first kappa shape index (κ1) is 11.8. The lowest BCUT2D eigenvalue weighted by Gasteiger charge is -2.48. The molecule has 1 atom stereocenters. The predicted molar refractivity (Wildman–Crippen MR) is 76.0 cm³/mol. The van der Waals surface area contributed by atoms with Crippen molar-refractivity contribution in [2.45, 2.75) is 42.9 Å². The number of thioether (sulfide) groups is 1. The van der Waals surface area contributed by atoms with Gasteiger partial charge in [-0.25, -0.2) is 0 Å². The number of amides is 1. The van der Waals surface area contributed by atoms with Crippen LogP contribution < -0.4 is 4.90 Å². The van der Waals surface area contributed by atoms with E-state index in [1.165, 1.54) is 4.90 Å². The number of hydrogen-bond acceptors (Lipinski definition) is 2. The number of carbonyl (C=O) groups is 1. The molecule has 3 heteroatoms. The van der Waals surface area contributed by atoms with E-state index in [0.29, 0.717) is 0 Å². The van der Waals surface area contributed by atoms with Crippen LogP contribution in [-0.2, 0) is 4.79 Å². The summed E-state index contributed by atoms with van der Waals surface area (Å²) in [6.07, 6.45) is 3.03. The van der Waals surface area contributed by atoms with Gasteiger partial charge in [0.2, 0.25) is 0 Å². The topological polar surface area (TPSA) is 20.3 Å². The van der Waals surface area contributed by atoms with Gasteiger partial charge in [0, 0.05) is 15.2 Å². The van der Waals surface area contributed by atoms with Crippen LogP contribution in [-0.4, -0.2) is 16.7 Å². The Labute approximate surface area is 112 Å². The van der Waals surface area contributed by atoms with E-state index in [2.05, 4.69) is 32.1 Å². The summed E-state index contributed by atoms with van der Waals surface area (Å²) in [5, 5.41) is 0. The Balaban J connectivity index is 2.18. The average molecular weight is 259 g/mol. The van der Waals surface area contributed by atoms with Crippen molar-refractivity contribution in [3.63, 3.8) is 0 Å². The van der Waals surface area contributed by atoms with E-state index in [-0.39, 0.29) is 16.7 Å². The molecule has 0 radical (unpaired) electrons.